The van der Waals surface area contributed by atoms with Crippen LogP contribution in [0.5, 0.6) is 5.75 Å². The Bertz CT molecular complexity index is 401. The van der Waals surface area contributed by atoms with Crippen LogP contribution in [0.15, 0.2) is 24.3 Å². The van der Waals surface area contributed by atoms with Crippen molar-refractivity contribution in [1.29, 1.82) is 0 Å². The summed E-state index contributed by atoms with van der Waals surface area (Å²) >= 11 is 0. The van der Waals surface area contributed by atoms with Gasteiger partial charge in [-0.15, -0.1) is 0 Å². The van der Waals surface area contributed by atoms with E-state index in [1.807, 2.05) is 13.0 Å². The minimum Gasteiger partial charge on any atom is -0.494 e. The van der Waals surface area contributed by atoms with Crippen molar-refractivity contribution in [2.75, 3.05) is 26.2 Å². The Hall–Kier alpha value is -1.06. The minimum atomic E-state index is 0.0708. The second kappa shape index (κ2) is 6.40. The zero-order valence-electron chi connectivity index (χ0n) is 12.2. The summed E-state index contributed by atoms with van der Waals surface area (Å²) in [6.07, 6.45) is 3.59. The van der Waals surface area contributed by atoms with Gasteiger partial charge in [-0.25, -0.2) is 0 Å². The number of nitrogens with two attached hydrogens (primary N) is 1. The Kier molecular flexibility index (Phi) is 4.83. The molecule has 2 rings (SSSR count). The van der Waals surface area contributed by atoms with E-state index < -0.39 is 0 Å². The Morgan fingerprint density at radius 1 is 1.32 bits per heavy atom. The molecule has 1 aliphatic heterocycles. The first-order valence-corrected chi connectivity index (χ1v) is 7.35. The van der Waals surface area contributed by atoms with Gasteiger partial charge in [0.05, 0.1) is 6.61 Å². The third-order valence-corrected chi connectivity index (χ3v) is 4.10. The minimum absolute atomic E-state index is 0.0708. The number of likely N-dealkylation sites (tertiary alicyclic amines) is 1. The highest BCUT2D eigenvalue weighted by atomic mass is 16.5. The van der Waals surface area contributed by atoms with Crippen LogP contribution < -0.4 is 10.5 Å². The topological polar surface area (TPSA) is 38.5 Å². The van der Waals surface area contributed by atoms with Crippen molar-refractivity contribution >= 4 is 0 Å². The average molecular weight is 262 g/mol. The molecule has 1 aromatic carbocycles. The lowest BCUT2D eigenvalue weighted by molar-refractivity contribution is 0.143. The molecule has 0 amide bonds. The molecule has 0 saturated carbocycles. The van der Waals surface area contributed by atoms with E-state index >= 15 is 0 Å². The standard InChI is InChI=1S/C16H26N2O/c1-3-19-15-8-6-7-14(11-15)12-16(2,13-17)18-9-4-5-10-18/h6-8,11H,3-5,9-10,12-13,17H2,1-2H3. The second-order valence-corrected chi connectivity index (χ2v) is 5.65. The molecule has 3 nitrogen and oxygen atoms in total. The maximum absolute atomic E-state index is 6.06. The highest BCUT2D eigenvalue weighted by Crippen LogP contribution is 2.26. The predicted octanol–water partition coefficient (Wildman–Crippen LogP) is 2.44. The Morgan fingerprint density at radius 2 is 2.05 bits per heavy atom. The van der Waals surface area contributed by atoms with Crippen LogP contribution in [0.25, 0.3) is 0 Å². The van der Waals surface area contributed by atoms with Gasteiger partial charge in [0, 0.05) is 12.1 Å². The van der Waals surface area contributed by atoms with E-state index in [1.54, 1.807) is 0 Å². The average Bonchev–Trinajstić information content (AvgIpc) is 2.94. The zero-order chi connectivity index (χ0) is 13.7. The molecule has 106 valence electrons. The molecule has 0 spiro atoms. The van der Waals surface area contributed by atoms with Gasteiger partial charge in [-0.05, 0) is 63.9 Å². The first-order chi connectivity index (χ1) is 9.18. The number of ether oxygens (including phenoxy) is 1. The van der Waals surface area contributed by atoms with Gasteiger partial charge >= 0.3 is 0 Å². The molecule has 3 heteroatoms. The van der Waals surface area contributed by atoms with Crippen LogP contribution in [0.2, 0.25) is 0 Å². The zero-order valence-corrected chi connectivity index (χ0v) is 12.2. The van der Waals surface area contributed by atoms with Crippen LogP contribution in [-0.2, 0) is 6.42 Å². The van der Waals surface area contributed by atoms with Crippen LogP contribution in [0, 0.1) is 0 Å². The van der Waals surface area contributed by atoms with Crippen LogP contribution in [0.3, 0.4) is 0 Å². The molecule has 1 fully saturated rings. The molecule has 1 aromatic rings. The fraction of sp³-hybridized carbons (Fsp3) is 0.625. The van der Waals surface area contributed by atoms with Crippen molar-refractivity contribution in [3.8, 4) is 5.75 Å². The van der Waals surface area contributed by atoms with Crippen LogP contribution in [0.4, 0.5) is 0 Å². The molecule has 0 aliphatic carbocycles. The first kappa shape index (κ1) is 14.4. The van der Waals surface area contributed by atoms with E-state index in [4.69, 9.17) is 10.5 Å². The number of hydrogen-bond acceptors (Lipinski definition) is 3. The summed E-state index contributed by atoms with van der Waals surface area (Å²) < 4.78 is 5.58. The van der Waals surface area contributed by atoms with E-state index in [2.05, 4.69) is 30.0 Å². The molecule has 0 aromatic heterocycles. The van der Waals surface area contributed by atoms with Gasteiger partial charge in [0.15, 0.2) is 0 Å². The third-order valence-electron chi connectivity index (χ3n) is 4.10. The van der Waals surface area contributed by atoms with Gasteiger partial charge in [0.2, 0.25) is 0 Å². The summed E-state index contributed by atoms with van der Waals surface area (Å²) in [5.74, 6) is 0.959. The maximum Gasteiger partial charge on any atom is 0.119 e. The number of hydrogen-bond donors (Lipinski definition) is 1. The second-order valence-electron chi connectivity index (χ2n) is 5.65. The molecule has 2 N–H and O–H groups in total. The summed E-state index contributed by atoms with van der Waals surface area (Å²) in [6.45, 7) is 8.07. The smallest absolute Gasteiger partial charge is 0.119 e. The highest BCUT2D eigenvalue weighted by molar-refractivity contribution is 5.30. The molecular weight excluding hydrogens is 236 g/mol. The van der Waals surface area contributed by atoms with E-state index in [9.17, 15) is 0 Å². The van der Waals surface area contributed by atoms with Gasteiger partial charge in [-0.2, -0.15) is 0 Å². The predicted molar refractivity (Wildman–Crippen MR) is 79.6 cm³/mol. The largest absolute Gasteiger partial charge is 0.494 e. The number of benzene rings is 1. The molecule has 1 aliphatic rings. The summed E-state index contributed by atoms with van der Waals surface area (Å²) in [4.78, 5) is 2.54. The quantitative estimate of drug-likeness (QED) is 0.856. The number of nitrogens with zero attached hydrogens (tertiary/aromatic N) is 1. The Balaban J connectivity index is 2.10. The lowest BCUT2D eigenvalue weighted by atomic mass is 9.91. The molecule has 1 heterocycles. The molecule has 0 bridgehead atoms. The maximum atomic E-state index is 6.06. The van der Waals surface area contributed by atoms with Crippen LogP contribution in [-0.4, -0.2) is 36.7 Å². The summed E-state index contributed by atoms with van der Waals surface area (Å²) in [6, 6.07) is 8.41. The van der Waals surface area contributed by atoms with Crippen LogP contribution >= 0.6 is 0 Å². The monoisotopic (exact) mass is 262 g/mol. The van der Waals surface area contributed by atoms with E-state index in [1.165, 1.54) is 31.5 Å². The fourth-order valence-electron chi connectivity index (χ4n) is 2.92. The molecule has 0 radical (unpaired) electrons. The number of rotatable bonds is 6. The first-order valence-electron chi connectivity index (χ1n) is 7.35. The third kappa shape index (κ3) is 3.48. The Labute approximate surface area is 116 Å². The molecule has 1 atom stereocenters. The van der Waals surface area contributed by atoms with Gasteiger partial charge < -0.3 is 10.5 Å². The molecule has 1 unspecified atom stereocenters. The van der Waals surface area contributed by atoms with Gasteiger partial charge in [-0.1, -0.05) is 12.1 Å². The van der Waals surface area contributed by atoms with E-state index in [-0.39, 0.29) is 5.54 Å². The normalized spacial score (nSPS) is 19.3. The Morgan fingerprint density at radius 3 is 2.68 bits per heavy atom. The van der Waals surface area contributed by atoms with E-state index in [0.29, 0.717) is 13.2 Å². The van der Waals surface area contributed by atoms with Gasteiger partial charge in [0.1, 0.15) is 5.75 Å². The lowest BCUT2D eigenvalue weighted by Crippen LogP contribution is -2.51. The summed E-state index contributed by atoms with van der Waals surface area (Å²) in [7, 11) is 0. The van der Waals surface area contributed by atoms with Crippen molar-refractivity contribution in [2.45, 2.75) is 38.6 Å². The van der Waals surface area contributed by atoms with Crippen molar-refractivity contribution < 1.29 is 4.74 Å². The molecular formula is C16H26N2O. The van der Waals surface area contributed by atoms with Gasteiger partial charge in [-0.3, -0.25) is 4.90 Å². The summed E-state index contributed by atoms with van der Waals surface area (Å²) in [5.41, 5.74) is 7.44. The van der Waals surface area contributed by atoms with Gasteiger partial charge in [0.25, 0.3) is 0 Å². The fourth-order valence-corrected chi connectivity index (χ4v) is 2.92. The highest BCUT2D eigenvalue weighted by Gasteiger charge is 2.32. The van der Waals surface area contributed by atoms with Crippen molar-refractivity contribution in [3.63, 3.8) is 0 Å². The van der Waals surface area contributed by atoms with E-state index in [0.717, 1.165) is 12.2 Å². The molecule has 19 heavy (non-hydrogen) atoms. The van der Waals surface area contributed by atoms with Crippen molar-refractivity contribution in [1.82, 2.24) is 4.90 Å². The SMILES string of the molecule is CCOc1cccc(CC(C)(CN)N2CCCC2)c1. The van der Waals surface area contributed by atoms with Crippen molar-refractivity contribution in [3.05, 3.63) is 29.8 Å². The van der Waals surface area contributed by atoms with Crippen molar-refractivity contribution in [2.24, 2.45) is 5.73 Å². The van der Waals surface area contributed by atoms with Crippen LogP contribution in [0.1, 0.15) is 32.3 Å². The summed E-state index contributed by atoms with van der Waals surface area (Å²) in [5, 5.41) is 0. The molecule has 1 saturated heterocycles. The lowest BCUT2D eigenvalue weighted by Gasteiger charge is -2.38.